The Balaban J connectivity index is 1.55. The normalized spacial score (nSPS) is 18.4. The van der Waals surface area contributed by atoms with Crippen LogP contribution < -0.4 is 24.2 Å². The highest BCUT2D eigenvalue weighted by molar-refractivity contribution is 8.30. The minimum absolute atomic E-state index is 0.0777. The lowest BCUT2D eigenvalue weighted by Crippen LogP contribution is -2.34. The van der Waals surface area contributed by atoms with E-state index in [1.54, 1.807) is 21.2 Å². The lowest BCUT2D eigenvalue weighted by atomic mass is 10.3. The van der Waals surface area contributed by atoms with E-state index in [4.69, 9.17) is 12.2 Å². The molecule has 0 radical (unpaired) electrons. The Kier molecular flexibility index (Phi) is 7.99. The maximum Gasteiger partial charge on any atom is 0.276 e. The van der Waals surface area contributed by atoms with Crippen LogP contribution in [0.3, 0.4) is 0 Å². The molecule has 2 aliphatic rings. The van der Waals surface area contributed by atoms with E-state index < -0.39 is 0 Å². The molecule has 2 aromatic heterocycles. The summed E-state index contributed by atoms with van der Waals surface area (Å²) in [6.07, 6.45) is 7.90. The fraction of sp³-hybridized carbons (Fsp3) is 0.333. The number of para-hydroxylation sites is 1. The third-order valence-corrected chi connectivity index (χ3v) is 10.3. The first kappa shape index (κ1) is 27.0. The molecule has 7 nitrogen and oxygen atoms in total. The summed E-state index contributed by atoms with van der Waals surface area (Å²) < 4.78 is 7.90. The van der Waals surface area contributed by atoms with Crippen LogP contribution in [0.25, 0.3) is 16.7 Å². The van der Waals surface area contributed by atoms with Crippen molar-refractivity contribution in [3.05, 3.63) is 67.3 Å². The van der Waals surface area contributed by atoms with Crippen molar-refractivity contribution in [1.82, 2.24) is 14.0 Å². The van der Waals surface area contributed by atoms with E-state index in [0.29, 0.717) is 31.5 Å². The lowest BCUT2D eigenvalue weighted by molar-refractivity contribution is -0.658. The van der Waals surface area contributed by atoms with E-state index in [2.05, 4.69) is 53.4 Å². The number of imidazole rings is 1. The van der Waals surface area contributed by atoms with Crippen LogP contribution in [0.2, 0.25) is 0 Å². The van der Waals surface area contributed by atoms with Crippen LogP contribution in [0.5, 0.6) is 0 Å². The van der Waals surface area contributed by atoms with E-state index in [0.717, 1.165) is 40.9 Å². The van der Waals surface area contributed by atoms with Gasteiger partial charge >= 0.3 is 0 Å². The smallest absolute Gasteiger partial charge is 0.276 e. The number of rotatable bonds is 7. The Morgan fingerprint density at radius 1 is 1.00 bits per heavy atom. The number of anilines is 1. The van der Waals surface area contributed by atoms with Gasteiger partial charge in [-0.1, -0.05) is 55.5 Å². The number of unbranched alkanes of at least 4 members (excludes halogenated alkanes) is 1. The van der Waals surface area contributed by atoms with Gasteiger partial charge in [-0.05, 0) is 56.3 Å². The topological polar surface area (TPSA) is 54.4 Å². The molecule has 3 aromatic rings. The fourth-order valence-electron chi connectivity index (χ4n) is 4.57. The molecule has 1 saturated heterocycles. The SMILES string of the molecule is CCCCN1C(=O)C(=c2sc(=CC=C3Sc4c([n+](C)cn4-c4ccccc4)N3CC)c(=O)n2CC)SC1=S. The number of nitrogens with zero attached hydrogens (tertiary/aromatic N) is 5. The predicted molar refractivity (Wildman–Crippen MR) is 162 cm³/mol. The highest BCUT2D eigenvalue weighted by Crippen LogP contribution is 2.45. The molecule has 0 spiro atoms. The van der Waals surface area contributed by atoms with Gasteiger partial charge in [-0.15, -0.1) is 11.3 Å². The van der Waals surface area contributed by atoms with E-state index in [9.17, 15) is 9.59 Å². The highest BCUT2D eigenvalue weighted by atomic mass is 32.2. The maximum absolute atomic E-state index is 13.3. The lowest BCUT2D eigenvalue weighted by Gasteiger charge is -2.12. The van der Waals surface area contributed by atoms with Crippen LogP contribution >= 0.6 is 47.1 Å². The standard InChI is InChI=1S/C27H30N5O2S4/c1-5-8-16-31-24(34)21(38-27(31)35)25-30(7-3)23(33)19(36-25)14-15-20-29(6-2)22-26(37-20)32(17-28(22)4)18-12-10-9-11-13-18/h9-15,17H,5-8,16H2,1-4H3/q+1. The zero-order valence-electron chi connectivity index (χ0n) is 21.8. The van der Waals surface area contributed by atoms with Crippen LogP contribution in [0.15, 0.2) is 57.6 Å². The Morgan fingerprint density at radius 3 is 2.45 bits per heavy atom. The summed E-state index contributed by atoms with van der Waals surface area (Å²) in [5, 5.41) is 2.20. The number of benzene rings is 1. The zero-order chi connectivity index (χ0) is 27.0. The van der Waals surface area contributed by atoms with E-state index in [1.807, 2.05) is 37.3 Å². The third kappa shape index (κ3) is 4.70. The molecule has 38 heavy (non-hydrogen) atoms. The van der Waals surface area contributed by atoms with Gasteiger partial charge in [0.25, 0.3) is 17.3 Å². The van der Waals surface area contributed by atoms with E-state index in [1.165, 1.54) is 23.1 Å². The number of carbonyl (C=O) groups excluding carboxylic acids is 1. The molecule has 1 amide bonds. The second-order valence-electron chi connectivity index (χ2n) is 8.91. The average Bonchev–Trinajstić information content (AvgIpc) is 3.62. The number of aromatic nitrogens is 3. The summed E-state index contributed by atoms with van der Waals surface area (Å²) in [7, 11) is 2.06. The number of thiazole rings is 1. The Hall–Kier alpha value is -2.60. The van der Waals surface area contributed by atoms with Gasteiger partial charge in [0.2, 0.25) is 5.03 Å². The number of allylic oxidation sites excluding steroid dienone is 1. The minimum Gasteiger partial charge on any atom is -0.298 e. The molecule has 1 aromatic carbocycles. The largest absolute Gasteiger partial charge is 0.298 e. The zero-order valence-corrected chi connectivity index (χ0v) is 25.1. The van der Waals surface area contributed by atoms with Gasteiger partial charge in [0.05, 0.1) is 18.1 Å². The van der Waals surface area contributed by atoms with Crippen LogP contribution in [0.4, 0.5) is 5.82 Å². The monoisotopic (exact) mass is 584 g/mol. The first-order chi connectivity index (χ1) is 18.4. The second kappa shape index (κ2) is 11.3. The Morgan fingerprint density at radius 2 is 1.76 bits per heavy atom. The average molecular weight is 585 g/mol. The minimum atomic E-state index is -0.0915. The van der Waals surface area contributed by atoms with Crippen LogP contribution in [0.1, 0.15) is 33.6 Å². The predicted octanol–water partition coefficient (Wildman–Crippen LogP) is 3.57. The Labute approximate surface area is 239 Å². The third-order valence-electron chi connectivity index (χ3n) is 6.49. The molecule has 0 N–H and O–H groups in total. The number of carbonyl (C=O) groups is 1. The summed E-state index contributed by atoms with van der Waals surface area (Å²) >= 11 is 9.86. The quantitative estimate of drug-likeness (QED) is 0.313. The number of fused-ring (bicyclic) bond motifs is 1. The number of hydrogen-bond acceptors (Lipinski definition) is 7. The van der Waals surface area contributed by atoms with Crippen molar-refractivity contribution < 1.29 is 9.36 Å². The molecular formula is C27H30N5O2S4+. The molecule has 0 unspecified atom stereocenters. The van der Waals surface area contributed by atoms with Crippen molar-refractivity contribution in [3.63, 3.8) is 0 Å². The van der Waals surface area contributed by atoms with Gasteiger partial charge in [0.15, 0.2) is 6.33 Å². The summed E-state index contributed by atoms with van der Waals surface area (Å²) in [6, 6.07) is 10.3. The van der Waals surface area contributed by atoms with E-state index >= 15 is 0 Å². The van der Waals surface area contributed by atoms with Gasteiger partial charge in [-0.25, -0.2) is 9.13 Å². The fourth-order valence-corrected chi connectivity index (χ4v) is 8.40. The van der Waals surface area contributed by atoms with Crippen LogP contribution in [-0.4, -0.2) is 37.4 Å². The molecule has 0 saturated carbocycles. The Bertz CT molecular complexity index is 1620. The van der Waals surface area contributed by atoms with Gasteiger partial charge < -0.3 is 0 Å². The van der Waals surface area contributed by atoms with Gasteiger partial charge in [0, 0.05) is 13.1 Å². The molecule has 11 heteroatoms. The number of aryl methyl sites for hydroxylation is 1. The van der Waals surface area contributed by atoms with Crippen LogP contribution in [-0.2, 0) is 18.4 Å². The van der Waals surface area contributed by atoms with Crippen LogP contribution in [0, 0.1) is 0 Å². The summed E-state index contributed by atoms with van der Waals surface area (Å²) in [4.78, 5) is 31.0. The molecule has 2 aliphatic heterocycles. The molecule has 0 atom stereocenters. The maximum atomic E-state index is 13.3. The van der Waals surface area contributed by atoms with Gasteiger partial charge in [0.1, 0.15) is 24.6 Å². The molecule has 198 valence electrons. The summed E-state index contributed by atoms with van der Waals surface area (Å²) in [5.74, 6) is 1.04. The number of hydrogen-bond donors (Lipinski definition) is 0. The first-order valence-electron chi connectivity index (χ1n) is 12.7. The molecule has 1 fully saturated rings. The summed E-state index contributed by atoms with van der Waals surface area (Å²) in [6.45, 7) is 8.06. The van der Waals surface area contributed by atoms with Crippen molar-refractivity contribution in [2.75, 3.05) is 18.0 Å². The number of thiocarbonyl (C=S) groups is 1. The molecule has 0 bridgehead atoms. The molecular weight excluding hydrogens is 555 g/mol. The van der Waals surface area contributed by atoms with Gasteiger partial charge in [-0.2, -0.15) is 0 Å². The number of amides is 1. The summed E-state index contributed by atoms with van der Waals surface area (Å²) in [5.41, 5.74) is 1.03. The first-order valence-corrected chi connectivity index (χ1v) is 15.6. The second-order valence-corrected chi connectivity index (χ2v) is 12.6. The molecule has 4 heterocycles. The van der Waals surface area contributed by atoms with Crippen molar-refractivity contribution in [2.24, 2.45) is 7.05 Å². The van der Waals surface area contributed by atoms with Crippen molar-refractivity contribution in [2.45, 2.75) is 45.2 Å². The van der Waals surface area contributed by atoms with Gasteiger partial charge in [-0.3, -0.25) is 24.0 Å². The van der Waals surface area contributed by atoms with Crippen molar-refractivity contribution >= 4 is 74.1 Å². The van der Waals surface area contributed by atoms with Crippen molar-refractivity contribution in [3.8, 4) is 5.69 Å². The van der Waals surface area contributed by atoms with Crippen molar-refractivity contribution in [1.29, 1.82) is 0 Å². The molecule has 0 aliphatic carbocycles. The molecule has 5 rings (SSSR count). The van der Waals surface area contributed by atoms with E-state index in [-0.39, 0.29) is 11.5 Å². The number of thioether (sulfide) groups is 2. The highest BCUT2D eigenvalue weighted by Gasteiger charge is 2.38.